The third kappa shape index (κ3) is 6.85. The summed E-state index contributed by atoms with van der Waals surface area (Å²) in [6.07, 6.45) is -0.612. The Labute approximate surface area is 216 Å². The fraction of sp³-hybridized carbons (Fsp3) is 0.200. The number of hydrogen-bond acceptors (Lipinski definition) is 8. The van der Waals surface area contributed by atoms with Gasteiger partial charge in [-0.15, -0.1) is 11.3 Å². The summed E-state index contributed by atoms with van der Waals surface area (Å²) in [4.78, 5) is 8.70. The lowest BCUT2D eigenvalue weighted by atomic mass is 9.97. The minimum absolute atomic E-state index is 0.138. The molecule has 0 radical (unpaired) electrons. The number of anilines is 1. The highest BCUT2D eigenvalue weighted by molar-refractivity contribution is 7.90. The van der Waals surface area contributed by atoms with E-state index in [-0.39, 0.29) is 10.7 Å². The van der Waals surface area contributed by atoms with Crippen LogP contribution in [0.1, 0.15) is 23.1 Å². The van der Waals surface area contributed by atoms with Crippen LogP contribution in [0.2, 0.25) is 0 Å². The smallest absolute Gasteiger partial charge is 0.405 e. The van der Waals surface area contributed by atoms with E-state index in [0.717, 1.165) is 18.0 Å². The van der Waals surface area contributed by atoms with Crippen LogP contribution in [0.25, 0.3) is 10.4 Å². The molecule has 0 saturated heterocycles. The third-order valence-corrected chi connectivity index (χ3v) is 7.60. The Kier molecular flexibility index (Phi) is 7.96. The maximum Gasteiger partial charge on any atom is 0.433 e. The van der Waals surface area contributed by atoms with E-state index in [1.54, 1.807) is 25.3 Å². The van der Waals surface area contributed by atoms with Crippen LogP contribution in [0.4, 0.5) is 18.9 Å². The molecule has 0 spiro atoms. The minimum Gasteiger partial charge on any atom is -0.405 e. The zero-order valence-electron chi connectivity index (χ0n) is 20.2. The Bertz CT molecular complexity index is 1470. The molecule has 7 nitrogen and oxygen atoms in total. The highest BCUT2D eigenvalue weighted by atomic mass is 32.2. The fourth-order valence-electron chi connectivity index (χ4n) is 3.41. The van der Waals surface area contributed by atoms with Crippen molar-refractivity contribution >= 4 is 32.6 Å². The van der Waals surface area contributed by atoms with E-state index in [9.17, 15) is 26.7 Å². The Morgan fingerprint density at radius 2 is 1.86 bits per heavy atom. The third-order valence-electron chi connectivity index (χ3n) is 5.22. The molecule has 196 valence electrons. The summed E-state index contributed by atoms with van der Waals surface area (Å²) >= 11 is 1.23. The molecule has 12 heteroatoms. The van der Waals surface area contributed by atoms with Crippen LogP contribution >= 0.6 is 11.3 Å². The number of thiazole rings is 1. The number of aromatic nitrogens is 1. The number of halogens is 3. The molecule has 3 rings (SSSR count). The van der Waals surface area contributed by atoms with Gasteiger partial charge in [0.05, 0.1) is 9.77 Å². The van der Waals surface area contributed by atoms with E-state index in [1.807, 2.05) is 13.0 Å². The molecule has 37 heavy (non-hydrogen) atoms. The molecule has 0 bridgehead atoms. The van der Waals surface area contributed by atoms with Crippen LogP contribution in [0, 0.1) is 6.92 Å². The van der Waals surface area contributed by atoms with Crippen molar-refractivity contribution in [3.05, 3.63) is 89.5 Å². The van der Waals surface area contributed by atoms with Gasteiger partial charge in [0.15, 0.2) is 9.84 Å². The Hall–Kier alpha value is -3.48. The van der Waals surface area contributed by atoms with Gasteiger partial charge in [0, 0.05) is 18.1 Å². The van der Waals surface area contributed by atoms with Gasteiger partial charge in [0.2, 0.25) is 0 Å². The van der Waals surface area contributed by atoms with Crippen LogP contribution in [0.3, 0.4) is 0 Å². The maximum atomic E-state index is 13.1. The van der Waals surface area contributed by atoms with Gasteiger partial charge < -0.3 is 16.2 Å². The molecule has 0 saturated carbocycles. The van der Waals surface area contributed by atoms with E-state index in [2.05, 4.69) is 21.9 Å². The standard InChI is InChI=1S/C25H25F3N4O3S2/c1-15-11-17(13-19(12-15)31-16(2)32-22(9-10-29)25(26,27)28)21-14-30-23(36-21)24(3,33)18-5-7-20(8-6-18)37(4,34)35/h5-14,31,33H,2,29H2,1,3-4H3/b10-9-,32-22?. The second-order valence-electron chi connectivity index (χ2n) is 8.41. The number of alkyl halides is 3. The summed E-state index contributed by atoms with van der Waals surface area (Å²) in [7, 11) is -3.38. The van der Waals surface area contributed by atoms with Crippen molar-refractivity contribution in [2.75, 3.05) is 11.6 Å². The van der Waals surface area contributed by atoms with E-state index >= 15 is 0 Å². The van der Waals surface area contributed by atoms with E-state index in [0.29, 0.717) is 32.8 Å². The van der Waals surface area contributed by atoms with Crippen molar-refractivity contribution in [3.8, 4) is 10.4 Å². The predicted molar refractivity (Wildman–Crippen MR) is 140 cm³/mol. The van der Waals surface area contributed by atoms with Crippen LogP contribution in [0.15, 0.2) is 83.2 Å². The van der Waals surface area contributed by atoms with E-state index in [1.165, 1.54) is 35.6 Å². The summed E-state index contributed by atoms with van der Waals surface area (Å²) in [6.45, 7) is 6.93. The number of allylic oxidation sites excluding steroid dienone is 1. The molecular formula is C25H25F3N4O3S2. The number of nitrogens with zero attached hydrogens (tertiary/aromatic N) is 2. The topological polar surface area (TPSA) is 118 Å². The number of aliphatic imine (C=N–C) groups is 1. The number of aliphatic hydroxyl groups is 1. The molecule has 1 heterocycles. The number of benzene rings is 2. The quantitative estimate of drug-likeness (QED) is 0.335. The first-order valence-electron chi connectivity index (χ1n) is 10.7. The Morgan fingerprint density at radius 1 is 1.22 bits per heavy atom. The minimum atomic E-state index is -4.70. The van der Waals surface area contributed by atoms with Gasteiger partial charge in [-0.1, -0.05) is 24.8 Å². The molecule has 0 aliphatic carbocycles. The summed E-state index contributed by atoms with van der Waals surface area (Å²) in [5, 5.41) is 14.3. The maximum absolute atomic E-state index is 13.1. The van der Waals surface area contributed by atoms with Gasteiger partial charge in [-0.2, -0.15) is 13.2 Å². The first kappa shape index (κ1) is 28.1. The van der Waals surface area contributed by atoms with Crippen LogP contribution in [-0.2, 0) is 15.4 Å². The second-order valence-corrected chi connectivity index (χ2v) is 11.5. The highest BCUT2D eigenvalue weighted by Gasteiger charge is 2.34. The van der Waals surface area contributed by atoms with Crippen molar-refractivity contribution in [3.63, 3.8) is 0 Å². The molecule has 2 aromatic carbocycles. The number of aryl methyl sites for hydroxylation is 1. The molecule has 1 atom stereocenters. The first-order valence-corrected chi connectivity index (χ1v) is 13.4. The fourth-order valence-corrected chi connectivity index (χ4v) is 5.01. The highest BCUT2D eigenvalue weighted by Crippen LogP contribution is 2.37. The van der Waals surface area contributed by atoms with Gasteiger partial charge in [-0.05, 0) is 67.1 Å². The molecule has 1 unspecified atom stereocenters. The molecule has 0 aliphatic heterocycles. The van der Waals surface area contributed by atoms with Crippen molar-refractivity contribution in [1.82, 2.24) is 4.98 Å². The summed E-state index contributed by atoms with van der Waals surface area (Å²) in [5.41, 5.74) is 4.86. The Morgan fingerprint density at radius 3 is 2.43 bits per heavy atom. The molecule has 4 N–H and O–H groups in total. The molecule has 0 aliphatic rings. The summed E-state index contributed by atoms with van der Waals surface area (Å²) in [6, 6.07) is 11.2. The number of nitrogens with one attached hydrogen (secondary N) is 1. The zero-order valence-corrected chi connectivity index (χ0v) is 21.8. The molecule has 1 aromatic heterocycles. The van der Waals surface area contributed by atoms with Gasteiger partial charge in [-0.25, -0.2) is 18.4 Å². The number of rotatable bonds is 8. The first-order chi connectivity index (χ1) is 17.1. The van der Waals surface area contributed by atoms with Crippen LogP contribution < -0.4 is 11.1 Å². The largest absolute Gasteiger partial charge is 0.433 e. The van der Waals surface area contributed by atoms with Gasteiger partial charge in [0.1, 0.15) is 22.1 Å². The molecule has 0 amide bonds. The number of sulfone groups is 1. The van der Waals surface area contributed by atoms with E-state index in [4.69, 9.17) is 5.73 Å². The number of hydrogen-bond donors (Lipinski definition) is 3. The lowest BCUT2D eigenvalue weighted by molar-refractivity contribution is -0.0577. The Balaban J connectivity index is 1.88. The average molecular weight is 551 g/mol. The molecular weight excluding hydrogens is 525 g/mol. The SMILES string of the molecule is C=C(N=C(/C=C\N)C(F)(F)F)Nc1cc(C)cc(-c2cnc(C(C)(O)c3ccc(S(C)(=O)=O)cc3)s2)c1. The lowest BCUT2D eigenvalue weighted by Crippen LogP contribution is -2.22. The van der Waals surface area contributed by atoms with E-state index < -0.39 is 27.3 Å². The summed E-state index contributed by atoms with van der Waals surface area (Å²) < 4.78 is 62.7. The summed E-state index contributed by atoms with van der Waals surface area (Å²) in [5.74, 6) is -0.229. The van der Waals surface area contributed by atoms with Gasteiger partial charge in [-0.3, -0.25) is 0 Å². The van der Waals surface area contributed by atoms with Gasteiger partial charge >= 0.3 is 6.18 Å². The predicted octanol–water partition coefficient (Wildman–Crippen LogP) is 5.14. The number of nitrogens with two attached hydrogens (primary N) is 1. The zero-order chi connectivity index (χ0) is 27.6. The van der Waals surface area contributed by atoms with Crippen LogP contribution in [-0.4, -0.2) is 36.7 Å². The van der Waals surface area contributed by atoms with Crippen molar-refractivity contribution in [1.29, 1.82) is 0 Å². The van der Waals surface area contributed by atoms with Crippen molar-refractivity contribution < 1.29 is 26.7 Å². The molecule has 3 aromatic rings. The monoisotopic (exact) mass is 550 g/mol. The normalized spacial score (nSPS) is 14.5. The van der Waals surface area contributed by atoms with Crippen molar-refractivity contribution in [2.45, 2.75) is 30.5 Å². The van der Waals surface area contributed by atoms with Gasteiger partial charge in [0.25, 0.3) is 0 Å². The second kappa shape index (κ2) is 10.5. The molecule has 0 fully saturated rings. The van der Waals surface area contributed by atoms with Crippen LogP contribution in [0.5, 0.6) is 0 Å². The lowest BCUT2D eigenvalue weighted by Gasteiger charge is -2.21. The average Bonchev–Trinajstić information content (AvgIpc) is 3.29. The van der Waals surface area contributed by atoms with Crippen molar-refractivity contribution in [2.24, 2.45) is 10.7 Å².